The van der Waals surface area contributed by atoms with Gasteiger partial charge in [-0.25, -0.2) is 0 Å². The predicted octanol–water partition coefficient (Wildman–Crippen LogP) is 9.60. The Labute approximate surface area is 210 Å². The lowest BCUT2D eigenvalue weighted by Gasteiger charge is -2.12. The summed E-state index contributed by atoms with van der Waals surface area (Å²) < 4.78 is 2.40. The molecule has 0 amide bonds. The largest absolute Gasteiger partial charge is 0.355 e. The number of H-pyrrole nitrogens is 1. The molecule has 1 N–H and O–H groups in total. The Morgan fingerprint density at radius 1 is 0.611 bits per heavy atom. The predicted molar refractivity (Wildman–Crippen MR) is 154 cm³/mol. The molecule has 0 spiro atoms. The van der Waals surface area contributed by atoms with E-state index in [1.165, 1.54) is 66.0 Å². The first kappa shape index (κ1) is 21.0. The van der Waals surface area contributed by atoms with Crippen LogP contribution in [0.3, 0.4) is 0 Å². The third kappa shape index (κ3) is 3.18. The first-order valence-electron chi connectivity index (χ1n) is 12.9. The van der Waals surface area contributed by atoms with E-state index < -0.39 is 0 Å². The minimum absolute atomic E-state index is 0.578. The van der Waals surface area contributed by atoms with E-state index in [-0.39, 0.29) is 0 Å². The SMILES string of the molecule is CCC(C)c1ccc(-n2c3ccccc3c3cc(-c4ccc5[nH]c6ccccc6c5c4)ccc32)cc1. The Bertz CT molecular complexity index is 1880. The number of aromatic nitrogens is 2. The van der Waals surface area contributed by atoms with Crippen LogP contribution in [0.1, 0.15) is 31.7 Å². The van der Waals surface area contributed by atoms with Crippen molar-refractivity contribution in [2.75, 3.05) is 0 Å². The lowest BCUT2D eigenvalue weighted by atomic mass is 9.98. The Morgan fingerprint density at radius 3 is 2.06 bits per heavy atom. The highest BCUT2D eigenvalue weighted by Crippen LogP contribution is 2.36. The summed E-state index contributed by atoms with van der Waals surface area (Å²) in [6.07, 6.45) is 1.15. The molecule has 0 saturated carbocycles. The van der Waals surface area contributed by atoms with Crippen molar-refractivity contribution < 1.29 is 0 Å². The molecule has 0 saturated heterocycles. The van der Waals surface area contributed by atoms with Crippen LogP contribution in [0.25, 0.3) is 60.4 Å². The zero-order valence-electron chi connectivity index (χ0n) is 20.6. The fraction of sp³-hybridized carbons (Fsp3) is 0.118. The van der Waals surface area contributed by atoms with E-state index >= 15 is 0 Å². The van der Waals surface area contributed by atoms with Crippen LogP contribution < -0.4 is 0 Å². The van der Waals surface area contributed by atoms with Crippen LogP contribution in [0.2, 0.25) is 0 Å². The van der Waals surface area contributed by atoms with Crippen LogP contribution in [0.15, 0.2) is 109 Å². The Morgan fingerprint density at radius 2 is 1.25 bits per heavy atom. The van der Waals surface area contributed by atoms with Crippen molar-refractivity contribution in [3.05, 3.63) is 115 Å². The van der Waals surface area contributed by atoms with Crippen molar-refractivity contribution in [3.8, 4) is 16.8 Å². The molecule has 1 unspecified atom stereocenters. The van der Waals surface area contributed by atoms with Gasteiger partial charge in [0.05, 0.1) is 11.0 Å². The normalized spacial score (nSPS) is 12.7. The van der Waals surface area contributed by atoms with Gasteiger partial charge in [-0.15, -0.1) is 0 Å². The molecule has 5 aromatic carbocycles. The topological polar surface area (TPSA) is 20.7 Å². The number of para-hydroxylation sites is 2. The highest BCUT2D eigenvalue weighted by molar-refractivity contribution is 6.11. The molecule has 1 atom stereocenters. The van der Waals surface area contributed by atoms with E-state index in [4.69, 9.17) is 0 Å². The second kappa shape index (κ2) is 8.13. The van der Waals surface area contributed by atoms with Gasteiger partial charge in [-0.1, -0.05) is 74.5 Å². The van der Waals surface area contributed by atoms with Gasteiger partial charge in [0.2, 0.25) is 0 Å². The molecule has 7 aromatic rings. The Hall–Kier alpha value is -4.30. The van der Waals surface area contributed by atoms with Crippen molar-refractivity contribution in [1.29, 1.82) is 0 Å². The monoisotopic (exact) mass is 464 g/mol. The summed E-state index contributed by atoms with van der Waals surface area (Å²) in [4.78, 5) is 3.54. The van der Waals surface area contributed by atoms with Gasteiger partial charge in [-0.2, -0.15) is 0 Å². The number of benzene rings is 5. The second-order valence-corrected chi connectivity index (χ2v) is 9.92. The number of hydrogen-bond donors (Lipinski definition) is 1. The molecule has 174 valence electrons. The van der Waals surface area contributed by atoms with Gasteiger partial charge < -0.3 is 9.55 Å². The standard InChI is InChI=1S/C34H28N2/c1-3-22(2)23-12-16-26(17-13-23)36-33-11-7-5-9-28(33)30-21-25(15-19-34(30)36)24-14-18-32-29(20-24)27-8-4-6-10-31(27)35-32/h4-22,35H,3H2,1-2H3. The molecule has 36 heavy (non-hydrogen) atoms. The highest BCUT2D eigenvalue weighted by atomic mass is 15.0. The van der Waals surface area contributed by atoms with Crippen LogP contribution in [-0.2, 0) is 0 Å². The van der Waals surface area contributed by atoms with Crippen LogP contribution >= 0.6 is 0 Å². The smallest absolute Gasteiger partial charge is 0.0541 e. The highest BCUT2D eigenvalue weighted by Gasteiger charge is 2.14. The minimum Gasteiger partial charge on any atom is -0.355 e. The summed E-state index contributed by atoms with van der Waals surface area (Å²) in [5.74, 6) is 0.578. The van der Waals surface area contributed by atoms with Crippen molar-refractivity contribution in [2.24, 2.45) is 0 Å². The van der Waals surface area contributed by atoms with Crippen molar-refractivity contribution in [2.45, 2.75) is 26.2 Å². The molecule has 7 rings (SSSR count). The number of aromatic amines is 1. The van der Waals surface area contributed by atoms with Crippen LogP contribution in [-0.4, -0.2) is 9.55 Å². The third-order valence-electron chi connectivity index (χ3n) is 7.84. The summed E-state index contributed by atoms with van der Waals surface area (Å²) in [5, 5.41) is 5.11. The number of nitrogens with one attached hydrogen (secondary N) is 1. The summed E-state index contributed by atoms with van der Waals surface area (Å²) in [5.41, 5.74) is 9.94. The van der Waals surface area contributed by atoms with Gasteiger partial charge in [0.25, 0.3) is 0 Å². The Balaban J connectivity index is 1.41. The molecule has 0 radical (unpaired) electrons. The van der Waals surface area contributed by atoms with E-state index in [1.54, 1.807) is 0 Å². The van der Waals surface area contributed by atoms with Gasteiger partial charge in [0.15, 0.2) is 0 Å². The quantitative estimate of drug-likeness (QED) is 0.268. The van der Waals surface area contributed by atoms with E-state index in [2.05, 4.69) is 133 Å². The number of nitrogens with zero attached hydrogens (tertiary/aromatic N) is 1. The van der Waals surface area contributed by atoms with E-state index in [0.29, 0.717) is 5.92 Å². The number of hydrogen-bond acceptors (Lipinski definition) is 0. The Kier molecular flexibility index (Phi) is 4.75. The average Bonchev–Trinajstić information content (AvgIpc) is 3.47. The van der Waals surface area contributed by atoms with Crippen molar-refractivity contribution in [1.82, 2.24) is 9.55 Å². The van der Waals surface area contributed by atoms with Gasteiger partial charge in [-0.05, 0) is 77.6 Å². The van der Waals surface area contributed by atoms with Gasteiger partial charge in [0.1, 0.15) is 0 Å². The zero-order chi connectivity index (χ0) is 24.2. The van der Waals surface area contributed by atoms with Gasteiger partial charge in [-0.3, -0.25) is 0 Å². The molecular weight excluding hydrogens is 436 g/mol. The number of fused-ring (bicyclic) bond motifs is 6. The fourth-order valence-corrected chi connectivity index (χ4v) is 5.65. The zero-order valence-corrected chi connectivity index (χ0v) is 20.6. The van der Waals surface area contributed by atoms with Gasteiger partial charge in [0, 0.05) is 38.3 Å². The van der Waals surface area contributed by atoms with Crippen LogP contribution in [0, 0.1) is 0 Å². The first-order valence-corrected chi connectivity index (χ1v) is 12.9. The molecule has 2 nitrogen and oxygen atoms in total. The molecular formula is C34H28N2. The van der Waals surface area contributed by atoms with E-state index in [9.17, 15) is 0 Å². The second-order valence-electron chi connectivity index (χ2n) is 9.92. The maximum absolute atomic E-state index is 3.54. The molecule has 0 aliphatic heterocycles. The summed E-state index contributed by atoms with van der Waals surface area (Å²) >= 11 is 0. The van der Waals surface area contributed by atoms with Crippen LogP contribution in [0.4, 0.5) is 0 Å². The first-order chi connectivity index (χ1) is 17.7. The maximum atomic E-state index is 3.54. The maximum Gasteiger partial charge on any atom is 0.0541 e. The average molecular weight is 465 g/mol. The lowest BCUT2D eigenvalue weighted by molar-refractivity contribution is 0.733. The third-order valence-corrected chi connectivity index (χ3v) is 7.84. The van der Waals surface area contributed by atoms with Gasteiger partial charge >= 0.3 is 0 Å². The summed E-state index contributed by atoms with van der Waals surface area (Å²) in [7, 11) is 0. The van der Waals surface area contributed by atoms with E-state index in [0.717, 1.165) is 6.42 Å². The molecule has 2 heterocycles. The van der Waals surface area contributed by atoms with Crippen LogP contribution in [0.5, 0.6) is 0 Å². The lowest BCUT2D eigenvalue weighted by Crippen LogP contribution is -1.96. The van der Waals surface area contributed by atoms with Crippen molar-refractivity contribution in [3.63, 3.8) is 0 Å². The molecule has 2 aromatic heterocycles. The molecule has 0 aliphatic carbocycles. The van der Waals surface area contributed by atoms with E-state index in [1.807, 2.05) is 0 Å². The number of rotatable bonds is 4. The summed E-state index contributed by atoms with van der Waals surface area (Å²) in [6.45, 7) is 4.55. The molecule has 0 bridgehead atoms. The molecule has 0 fully saturated rings. The minimum atomic E-state index is 0.578. The molecule has 0 aliphatic rings. The van der Waals surface area contributed by atoms with Crippen molar-refractivity contribution >= 4 is 43.6 Å². The fourth-order valence-electron chi connectivity index (χ4n) is 5.65. The molecule has 2 heteroatoms. The summed E-state index contributed by atoms with van der Waals surface area (Å²) in [6, 6.07) is 40.1.